The van der Waals surface area contributed by atoms with Gasteiger partial charge in [-0.1, -0.05) is 17.7 Å². The number of nitrogens with zero attached hydrogens (tertiary/aromatic N) is 2. The number of nitro groups is 1. The molecule has 0 heterocycles. The van der Waals surface area contributed by atoms with E-state index < -0.39 is 22.3 Å². The molecule has 2 N–H and O–H groups in total. The molecular weight excluding hydrogens is 362 g/mol. The summed E-state index contributed by atoms with van der Waals surface area (Å²) in [6, 6.07) is 7.42. The number of phenolic OH excluding ortho intramolecular Hbond substituents is 1. The Morgan fingerprint density at radius 2 is 2.04 bits per heavy atom. The lowest BCUT2D eigenvalue weighted by Crippen LogP contribution is -2.24. The number of aromatic hydroxyl groups is 1. The van der Waals surface area contributed by atoms with Gasteiger partial charge in [0.15, 0.2) is 6.61 Å². The molecule has 0 saturated carbocycles. The first-order valence-electron chi connectivity index (χ1n) is 7.47. The van der Waals surface area contributed by atoms with Crippen LogP contribution < -0.4 is 10.2 Å². The van der Waals surface area contributed by atoms with Crippen molar-refractivity contribution >= 4 is 29.4 Å². The Morgan fingerprint density at radius 1 is 1.38 bits per heavy atom. The lowest BCUT2D eigenvalue weighted by atomic mass is 10.1. The van der Waals surface area contributed by atoms with Gasteiger partial charge in [-0.15, -0.1) is 0 Å². The van der Waals surface area contributed by atoms with Gasteiger partial charge in [-0.2, -0.15) is 5.10 Å². The van der Waals surface area contributed by atoms with Crippen LogP contribution in [0.3, 0.4) is 0 Å². The van der Waals surface area contributed by atoms with E-state index in [0.29, 0.717) is 10.8 Å². The second kappa shape index (κ2) is 8.30. The highest BCUT2D eigenvalue weighted by Crippen LogP contribution is 2.28. The molecule has 0 saturated heterocycles. The number of halogens is 1. The number of ether oxygens (including phenoxy) is 1. The number of nitro benzene ring substituents is 1. The van der Waals surface area contributed by atoms with Crippen LogP contribution in [-0.2, 0) is 4.79 Å². The predicted molar refractivity (Wildman–Crippen MR) is 96.9 cm³/mol. The minimum absolute atomic E-state index is 0.101. The second-order valence-corrected chi connectivity index (χ2v) is 5.80. The lowest BCUT2D eigenvalue weighted by Gasteiger charge is -2.09. The fraction of sp³-hybridized carbons (Fsp3) is 0.176. The van der Waals surface area contributed by atoms with Crippen molar-refractivity contribution in [3.05, 3.63) is 62.2 Å². The van der Waals surface area contributed by atoms with Crippen LogP contribution in [-0.4, -0.2) is 28.8 Å². The number of phenols is 1. The number of aryl methyl sites for hydroxylation is 2. The van der Waals surface area contributed by atoms with Crippen molar-refractivity contribution in [2.45, 2.75) is 13.8 Å². The van der Waals surface area contributed by atoms with Crippen molar-refractivity contribution in [3.63, 3.8) is 0 Å². The normalized spacial score (nSPS) is 10.7. The van der Waals surface area contributed by atoms with Crippen LogP contribution >= 0.6 is 11.6 Å². The number of hydrogen-bond donors (Lipinski definition) is 2. The van der Waals surface area contributed by atoms with Gasteiger partial charge in [-0.3, -0.25) is 14.9 Å². The molecule has 9 heteroatoms. The summed E-state index contributed by atoms with van der Waals surface area (Å²) < 4.78 is 5.38. The molecular formula is C17H16ClN3O5. The summed E-state index contributed by atoms with van der Waals surface area (Å²) in [7, 11) is 0. The average Bonchev–Trinajstić information content (AvgIpc) is 2.59. The SMILES string of the molecule is Cc1cc(OCC(=O)N/N=C/c2cccc([N+](=O)[O-])c2O)cc(C)c1Cl. The molecule has 0 spiro atoms. The lowest BCUT2D eigenvalue weighted by molar-refractivity contribution is -0.385. The number of nitrogens with one attached hydrogen (secondary N) is 1. The van der Waals surface area contributed by atoms with Gasteiger partial charge in [-0.25, -0.2) is 5.43 Å². The Labute approximate surface area is 154 Å². The molecule has 0 unspecified atom stereocenters. The van der Waals surface area contributed by atoms with E-state index in [-0.39, 0.29) is 12.2 Å². The Kier molecular flexibility index (Phi) is 6.13. The number of amides is 1. The van der Waals surface area contributed by atoms with Gasteiger partial charge in [-0.05, 0) is 43.2 Å². The molecule has 0 aromatic heterocycles. The van der Waals surface area contributed by atoms with E-state index in [4.69, 9.17) is 16.3 Å². The summed E-state index contributed by atoms with van der Waals surface area (Å²) in [5, 5.41) is 24.8. The molecule has 0 bridgehead atoms. The Morgan fingerprint density at radius 3 is 2.65 bits per heavy atom. The highest BCUT2D eigenvalue weighted by molar-refractivity contribution is 6.32. The molecule has 0 aliphatic rings. The average molecular weight is 378 g/mol. The minimum Gasteiger partial charge on any atom is -0.502 e. The standard InChI is InChI=1S/C17H16ClN3O5/c1-10-6-13(7-11(2)16(10)18)26-9-15(22)20-19-8-12-4-3-5-14(17(12)23)21(24)25/h3-8,23H,9H2,1-2H3,(H,20,22)/b19-8+. The Balaban J connectivity index is 1.94. The molecule has 136 valence electrons. The first kappa shape index (κ1) is 19.2. The predicted octanol–water partition coefficient (Wildman–Crippen LogP) is 3.10. The number of carbonyl (C=O) groups excluding carboxylic acids is 1. The van der Waals surface area contributed by atoms with Crippen molar-refractivity contribution in [1.82, 2.24) is 5.43 Å². The minimum atomic E-state index is -0.713. The summed E-state index contributed by atoms with van der Waals surface area (Å²) >= 11 is 6.07. The smallest absolute Gasteiger partial charge is 0.311 e. The molecule has 0 radical (unpaired) electrons. The zero-order chi connectivity index (χ0) is 19.3. The van der Waals surface area contributed by atoms with Crippen LogP contribution in [0, 0.1) is 24.0 Å². The second-order valence-electron chi connectivity index (χ2n) is 5.42. The fourth-order valence-electron chi connectivity index (χ4n) is 2.14. The molecule has 0 atom stereocenters. The van der Waals surface area contributed by atoms with Crippen LogP contribution in [0.4, 0.5) is 5.69 Å². The van der Waals surface area contributed by atoms with E-state index >= 15 is 0 Å². The maximum absolute atomic E-state index is 11.8. The van der Waals surface area contributed by atoms with Crippen LogP contribution in [0.1, 0.15) is 16.7 Å². The molecule has 0 aliphatic carbocycles. The van der Waals surface area contributed by atoms with E-state index in [2.05, 4.69) is 10.5 Å². The zero-order valence-corrected chi connectivity index (χ0v) is 14.8. The summed E-state index contributed by atoms with van der Waals surface area (Å²) in [4.78, 5) is 21.8. The van der Waals surface area contributed by atoms with Crippen molar-refractivity contribution in [1.29, 1.82) is 0 Å². The van der Waals surface area contributed by atoms with E-state index in [9.17, 15) is 20.0 Å². The van der Waals surface area contributed by atoms with Crippen LogP contribution in [0.5, 0.6) is 11.5 Å². The maximum atomic E-state index is 11.8. The zero-order valence-electron chi connectivity index (χ0n) is 14.0. The quantitative estimate of drug-likeness (QED) is 0.456. The molecule has 0 aliphatic heterocycles. The fourth-order valence-corrected chi connectivity index (χ4v) is 2.25. The van der Waals surface area contributed by atoms with Crippen LogP contribution in [0.2, 0.25) is 5.02 Å². The Bertz CT molecular complexity index is 860. The monoisotopic (exact) mass is 377 g/mol. The maximum Gasteiger partial charge on any atom is 0.311 e. The van der Waals surface area contributed by atoms with Gasteiger partial charge in [0.05, 0.1) is 11.1 Å². The third-order valence-electron chi connectivity index (χ3n) is 3.42. The summed E-state index contributed by atoms with van der Waals surface area (Å²) in [5.74, 6) is -0.560. The largest absolute Gasteiger partial charge is 0.502 e. The van der Waals surface area contributed by atoms with Gasteiger partial charge >= 0.3 is 5.69 Å². The van der Waals surface area contributed by atoms with E-state index in [1.165, 1.54) is 12.1 Å². The third-order valence-corrected chi connectivity index (χ3v) is 4.01. The summed E-state index contributed by atoms with van der Waals surface area (Å²) in [6.45, 7) is 3.38. The molecule has 1 amide bonds. The molecule has 2 aromatic carbocycles. The van der Waals surface area contributed by atoms with Gasteiger partial charge < -0.3 is 9.84 Å². The van der Waals surface area contributed by atoms with Gasteiger partial charge in [0.1, 0.15) is 5.75 Å². The van der Waals surface area contributed by atoms with Crippen molar-refractivity contribution in [3.8, 4) is 11.5 Å². The van der Waals surface area contributed by atoms with Crippen LogP contribution in [0.15, 0.2) is 35.4 Å². The number of para-hydroxylation sites is 1. The number of rotatable bonds is 6. The molecule has 8 nitrogen and oxygen atoms in total. The first-order chi connectivity index (χ1) is 12.3. The molecule has 2 rings (SSSR count). The summed E-state index contributed by atoms with van der Waals surface area (Å²) in [6.07, 6.45) is 1.11. The number of benzene rings is 2. The number of hydrogen-bond acceptors (Lipinski definition) is 6. The highest BCUT2D eigenvalue weighted by atomic mass is 35.5. The van der Waals surface area contributed by atoms with E-state index in [1.54, 1.807) is 12.1 Å². The summed E-state index contributed by atoms with van der Waals surface area (Å²) in [5.41, 5.74) is 3.54. The first-order valence-corrected chi connectivity index (χ1v) is 7.85. The van der Waals surface area contributed by atoms with Gasteiger partial charge in [0.25, 0.3) is 5.91 Å². The molecule has 26 heavy (non-hydrogen) atoms. The van der Waals surface area contributed by atoms with Gasteiger partial charge in [0.2, 0.25) is 5.75 Å². The molecule has 2 aromatic rings. The number of hydrazone groups is 1. The third kappa shape index (κ3) is 4.70. The Hall–Kier alpha value is -3.13. The highest BCUT2D eigenvalue weighted by Gasteiger charge is 2.15. The van der Waals surface area contributed by atoms with E-state index in [1.807, 2.05) is 13.8 Å². The van der Waals surface area contributed by atoms with Crippen molar-refractivity contribution < 1.29 is 19.6 Å². The van der Waals surface area contributed by atoms with E-state index in [0.717, 1.165) is 23.4 Å². The topological polar surface area (TPSA) is 114 Å². The molecule has 0 fully saturated rings. The van der Waals surface area contributed by atoms with Gasteiger partial charge in [0, 0.05) is 16.7 Å². The van der Waals surface area contributed by atoms with Crippen molar-refractivity contribution in [2.75, 3.05) is 6.61 Å². The number of carbonyl (C=O) groups is 1. The van der Waals surface area contributed by atoms with Crippen molar-refractivity contribution in [2.24, 2.45) is 5.10 Å². The van der Waals surface area contributed by atoms with Crippen LogP contribution in [0.25, 0.3) is 0 Å².